The Bertz CT molecular complexity index is 5310. The van der Waals surface area contributed by atoms with Gasteiger partial charge in [-0.05, 0) is 119 Å². The topological polar surface area (TPSA) is 593 Å². The number of hydrogen-bond donors (Lipinski definition) is 18. The molecule has 0 aliphatic carbocycles. The summed E-state index contributed by atoms with van der Waals surface area (Å²) in [5, 5.41) is 70.3. The van der Waals surface area contributed by atoms with Crippen LogP contribution in [0.3, 0.4) is 0 Å². The van der Waals surface area contributed by atoms with E-state index in [-0.39, 0.29) is 115 Å². The van der Waals surface area contributed by atoms with Crippen molar-refractivity contribution < 1.29 is 102 Å². The van der Waals surface area contributed by atoms with Crippen LogP contribution in [0, 0.1) is 23.2 Å². The number of carbonyl (C=O) groups excluding carboxylic acids is 15. The van der Waals surface area contributed by atoms with Gasteiger partial charge in [0.05, 0.1) is 44.0 Å². The fourth-order valence-electron chi connectivity index (χ4n) is 16.2. The van der Waals surface area contributed by atoms with Crippen LogP contribution in [-0.2, 0) is 107 Å². The number of ether oxygens (including phenoxy) is 1. The highest BCUT2D eigenvalue weighted by Gasteiger charge is 2.44. The molecule has 6 aromatic carbocycles. The first kappa shape index (κ1) is 108. The summed E-state index contributed by atoms with van der Waals surface area (Å²) in [6.07, 6.45) is -2.30. The summed E-state index contributed by atoms with van der Waals surface area (Å²) in [4.78, 5) is 253. The second-order valence-electron chi connectivity index (χ2n) is 35.8. The molecule has 0 radical (unpaired) electrons. The molecule has 6 aromatic rings. The number of carboxylic acid groups (broad SMARTS) is 2. The Morgan fingerprint density at radius 2 is 0.971 bits per heavy atom. The predicted molar refractivity (Wildman–Crippen MR) is 516 cm³/mol. The molecule has 3 fully saturated rings. The second-order valence-corrected chi connectivity index (χ2v) is 36.9. The number of likely N-dealkylation sites (N-methyl/N-ethyl adjacent to an activating group) is 2. The van der Waals surface area contributed by atoms with Crippen LogP contribution in [0.1, 0.15) is 113 Å². The number of nitrogens with one attached hydrogen (secondary N) is 13. The quantitative estimate of drug-likeness (QED) is 0.0201. The highest BCUT2D eigenvalue weighted by molar-refractivity contribution is 8.00. The molecule has 0 saturated carbocycles. The number of aromatic carboxylic acids is 1. The molecule has 139 heavy (non-hydrogen) atoms. The molecular weight excluding hydrogens is 1810 g/mol. The van der Waals surface area contributed by atoms with Gasteiger partial charge in [-0.25, -0.2) is 4.79 Å². The number of carboxylic acids is 2. The molecular formula is C98H127N19O21S. The first-order chi connectivity index (χ1) is 66.2. The van der Waals surface area contributed by atoms with Crippen molar-refractivity contribution in [2.75, 3.05) is 84.6 Å². The van der Waals surface area contributed by atoms with Crippen molar-refractivity contribution >= 4 is 118 Å². The van der Waals surface area contributed by atoms with Crippen LogP contribution in [0.15, 0.2) is 158 Å². The lowest BCUT2D eigenvalue weighted by Gasteiger charge is -2.35. The van der Waals surface area contributed by atoms with E-state index in [1.54, 1.807) is 133 Å². The Hall–Kier alpha value is -14.4. The first-order valence-electron chi connectivity index (χ1n) is 46.2. The van der Waals surface area contributed by atoms with Gasteiger partial charge in [0, 0.05) is 78.3 Å². The van der Waals surface area contributed by atoms with Crippen molar-refractivity contribution in [1.82, 2.24) is 83.4 Å². The van der Waals surface area contributed by atoms with Gasteiger partial charge in [-0.15, -0.1) is 11.8 Å². The van der Waals surface area contributed by atoms with E-state index in [2.05, 4.69) is 63.8 Å². The predicted octanol–water partition coefficient (Wildman–Crippen LogP) is 0.596. The maximum absolute atomic E-state index is 15.7. The number of aliphatic carboxylic acids is 1. The van der Waals surface area contributed by atoms with Crippen LogP contribution in [0.25, 0.3) is 22.3 Å². The monoisotopic (exact) mass is 1940 g/mol. The van der Waals surface area contributed by atoms with Crippen molar-refractivity contribution in [3.63, 3.8) is 0 Å². The zero-order chi connectivity index (χ0) is 101. The maximum atomic E-state index is 15.7. The van der Waals surface area contributed by atoms with E-state index in [9.17, 15) is 63.3 Å². The number of nitrogens with zero attached hydrogens (tertiary/aromatic N) is 4. The number of hydrogen-bond acceptors (Lipinski definition) is 22. The molecule has 3 aliphatic heterocycles. The van der Waals surface area contributed by atoms with Crippen molar-refractivity contribution in [1.29, 1.82) is 5.41 Å². The average Bonchev–Trinajstić information content (AvgIpc) is 1.67. The van der Waals surface area contributed by atoms with E-state index < -0.39 is 228 Å². The van der Waals surface area contributed by atoms with Crippen molar-refractivity contribution in [3.05, 3.63) is 186 Å². The van der Waals surface area contributed by atoms with Gasteiger partial charge in [0.1, 0.15) is 78.3 Å². The lowest BCUT2D eigenvalue weighted by molar-refractivity contribution is -0.146. The molecule has 746 valence electrons. The van der Waals surface area contributed by atoms with Crippen LogP contribution in [0.4, 0.5) is 0 Å². The summed E-state index contributed by atoms with van der Waals surface area (Å²) in [5.74, 6) is -20.1. The van der Waals surface area contributed by atoms with Gasteiger partial charge in [0.25, 0.3) is 0 Å². The van der Waals surface area contributed by atoms with Crippen LogP contribution in [-0.4, -0.2) is 299 Å². The van der Waals surface area contributed by atoms with Crippen molar-refractivity contribution in [2.24, 2.45) is 29.2 Å². The molecule has 20 N–H and O–H groups in total. The van der Waals surface area contributed by atoms with Crippen molar-refractivity contribution in [2.45, 2.75) is 178 Å². The van der Waals surface area contributed by atoms with Gasteiger partial charge in [0.2, 0.25) is 88.6 Å². The standard InChI is InChI=1S/C98H127N19O21S/c1-56(2)45-70-87(126)111-76(85(124)103-51-79(99)119)54-139-55-81(121)105-75(52-116-41-43-138-44-42-116)91(130)107-72(47-60-23-31-65(32-24-60)66-33-35-67(36-34-66)97(136)137)89(128)110-74(48-61-25-29-64(30-26-61)63-19-13-10-14-20-63)94(133)114(7)53-80(120)104-71(46-62-27-37-68(118)38-28-62)88(127)108-73(50-82(122)123)90(129)106-69(21-15-39-102-98(100)101)86(125)112-84(58(5)6)96(135)117-40-16-22-77(117)92(131)113-83(57(3)4)95(134)115(8)78(93(132)109-70)49-59-17-11-9-12-18-59/h9-14,17-20,23-38,56-58,69-78,83-84,118H,15-16,21-22,39-55H2,1-8H3,(H2,99,119)(H,103,124)(H,104,120)(H,105,121)(H,106,129)(H,107,130)(H,108,127)(H,109,132)(H,110,128)(H,111,126)(H,112,125)(H,113,131)(H,122,123)(H,136,137)(H4,100,101,102)/t69-,70+,71+,72+,73+,74+,75+,76+,77+,78+,83+,84+/m1/s1. The number of primary amides is 1. The Labute approximate surface area is 810 Å². The van der Waals surface area contributed by atoms with Crippen LogP contribution >= 0.6 is 11.8 Å². The summed E-state index contributed by atoms with van der Waals surface area (Å²) in [6, 6.07) is 24.4. The van der Waals surface area contributed by atoms with Gasteiger partial charge in [0.15, 0.2) is 5.96 Å². The molecule has 9 rings (SSSR count). The van der Waals surface area contributed by atoms with Gasteiger partial charge >= 0.3 is 11.9 Å². The number of benzene rings is 6. The highest BCUT2D eigenvalue weighted by Crippen LogP contribution is 2.27. The highest BCUT2D eigenvalue weighted by atomic mass is 32.2. The third-order valence-electron chi connectivity index (χ3n) is 23.8. The van der Waals surface area contributed by atoms with Crippen LogP contribution < -0.4 is 75.3 Å². The Kier molecular flexibility index (Phi) is 41.2. The third kappa shape index (κ3) is 33.5. The van der Waals surface area contributed by atoms with E-state index in [1.807, 2.05) is 35.2 Å². The van der Waals surface area contributed by atoms with E-state index >= 15 is 33.6 Å². The van der Waals surface area contributed by atoms with Crippen molar-refractivity contribution in [3.8, 4) is 28.0 Å². The lowest BCUT2D eigenvalue weighted by atomic mass is 9.97. The van der Waals surface area contributed by atoms with Gasteiger partial charge < -0.3 is 110 Å². The zero-order valence-corrected chi connectivity index (χ0v) is 79.9. The number of rotatable bonds is 26. The zero-order valence-electron chi connectivity index (χ0n) is 79.1. The number of amides is 15. The number of carbonyl (C=O) groups is 17. The van der Waals surface area contributed by atoms with E-state index in [0.717, 1.165) is 32.7 Å². The molecule has 0 bridgehead atoms. The number of aromatic hydroxyl groups is 1. The number of thioether (sulfide) groups is 1. The second kappa shape index (κ2) is 52.8. The molecule has 12 atom stereocenters. The van der Waals surface area contributed by atoms with Gasteiger partial charge in [-0.3, -0.25) is 87.0 Å². The van der Waals surface area contributed by atoms with E-state index in [1.165, 1.54) is 55.4 Å². The van der Waals surface area contributed by atoms with Gasteiger partial charge in [-0.2, -0.15) is 0 Å². The SMILES string of the molecule is CC(C)C[C@@H]1NC(=O)[C@H](Cc2ccccc2)N(C)C(=O)[C@H](C(C)C)NC(=O)[C@@H]2CCCN2C(=O)[C@H](C(C)C)NC(=O)[C@@H](CCCNC(=N)N)NC(=O)[C@H](CC(=O)O)NC(=O)[C@H](Cc2ccc(O)cc2)NC(=O)CN(C)C(=O)[C@H](Cc2ccc(-c3ccccc3)cc2)NC(=O)[C@H](Cc2ccc(-c3ccc(C(=O)O)cc3)cc2)NC(=O)[C@H](CN2CCOCC2)NC(=O)CSC[C@@H](C(=O)NCC(N)=O)NC1=O. The number of phenolic OH excluding ortho intramolecular Hbond substituents is 1. The van der Waals surface area contributed by atoms with Gasteiger partial charge in [-0.1, -0.05) is 175 Å². The van der Waals surface area contributed by atoms with Crippen LogP contribution in [0.5, 0.6) is 5.75 Å². The average molecular weight is 1940 g/mol. The molecule has 3 aliphatic rings. The summed E-state index contributed by atoms with van der Waals surface area (Å²) in [6.45, 7) is 9.22. The molecule has 41 heteroatoms. The Balaban J connectivity index is 1.12. The van der Waals surface area contributed by atoms with Crippen LogP contribution in [0.2, 0.25) is 0 Å². The fraction of sp³-hybridized carbons (Fsp3) is 0.449. The molecule has 15 amide bonds. The summed E-state index contributed by atoms with van der Waals surface area (Å²) in [5.41, 5.74) is 15.8. The molecule has 0 spiro atoms. The summed E-state index contributed by atoms with van der Waals surface area (Å²) in [7, 11) is 2.58. The molecule has 0 aromatic heterocycles. The molecule has 3 heterocycles. The summed E-state index contributed by atoms with van der Waals surface area (Å²) >= 11 is 0.819. The maximum Gasteiger partial charge on any atom is 0.335 e. The minimum absolute atomic E-state index is 0.0132. The normalized spacial score (nSPS) is 22.7. The summed E-state index contributed by atoms with van der Waals surface area (Å²) < 4.78 is 5.65. The molecule has 40 nitrogen and oxygen atoms in total. The first-order valence-corrected chi connectivity index (χ1v) is 47.3. The Morgan fingerprint density at radius 1 is 0.496 bits per heavy atom. The van der Waals surface area contributed by atoms with E-state index in [4.69, 9.17) is 21.6 Å². The fourth-order valence-corrected chi connectivity index (χ4v) is 17.1. The molecule has 3 saturated heterocycles. The minimum Gasteiger partial charge on any atom is -0.508 e. The number of guanidine groups is 1. The number of phenols is 1. The van der Waals surface area contributed by atoms with E-state index in [0.29, 0.717) is 33.4 Å². The number of fused-ring (bicyclic) bond motifs is 1. The number of morpholine rings is 1. The minimum atomic E-state index is -2.04. The largest absolute Gasteiger partial charge is 0.508 e. The smallest absolute Gasteiger partial charge is 0.335 e. The Morgan fingerprint density at radius 3 is 1.53 bits per heavy atom. The lowest BCUT2D eigenvalue weighted by Crippen LogP contribution is -2.62. The third-order valence-corrected chi connectivity index (χ3v) is 24.9. The number of nitrogens with two attached hydrogens (primary N) is 2. The molecule has 0 unspecified atom stereocenters.